The zero-order chi connectivity index (χ0) is 15.5. The van der Waals surface area contributed by atoms with Crippen molar-refractivity contribution in [1.82, 2.24) is 4.90 Å². The second-order valence-electron chi connectivity index (χ2n) is 6.62. The largest absolute Gasteiger partial charge is 0.481 e. The summed E-state index contributed by atoms with van der Waals surface area (Å²) in [4.78, 5) is 24.4. The van der Waals surface area contributed by atoms with Crippen LogP contribution in [0.1, 0.15) is 40.5 Å². The molecule has 3 atom stereocenters. The number of aliphatic carboxylic acids is 1. The SMILES string of the molecule is CC1CN(C(=O)OC(C)(C)C)CCC1C(N)CC(=O)O. The number of carbonyl (C=O) groups is 2. The van der Waals surface area contributed by atoms with Crippen LogP contribution in [-0.2, 0) is 9.53 Å². The number of ether oxygens (including phenoxy) is 1. The van der Waals surface area contributed by atoms with E-state index in [0.29, 0.717) is 13.1 Å². The lowest BCUT2D eigenvalue weighted by molar-refractivity contribution is -0.137. The van der Waals surface area contributed by atoms with E-state index in [2.05, 4.69) is 0 Å². The average Bonchev–Trinajstić information content (AvgIpc) is 2.25. The lowest BCUT2D eigenvalue weighted by Gasteiger charge is -2.39. The summed E-state index contributed by atoms with van der Waals surface area (Å²) < 4.78 is 5.35. The smallest absolute Gasteiger partial charge is 0.410 e. The molecule has 20 heavy (non-hydrogen) atoms. The van der Waals surface area contributed by atoms with Gasteiger partial charge in [-0.15, -0.1) is 0 Å². The quantitative estimate of drug-likeness (QED) is 0.823. The van der Waals surface area contributed by atoms with Crippen molar-refractivity contribution in [3.8, 4) is 0 Å². The fourth-order valence-electron chi connectivity index (χ4n) is 2.65. The molecule has 0 radical (unpaired) electrons. The summed E-state index contributed by atoms with van der Waals surface area (Å²) in [5.41, 5.74) is 5.44. The van der Waals surface area contributed by atoms with Crippen LogP contribution in [0.2, 0.25) is 0 Å². The molecule has 0 aliphatic carbocycles. The maximum Gasteiger partial charge on any atom is 0.410 e. The predicted octanol–water partition coefficient (Wildman–Crippen LogP) is 1.68. The molecule has 0 bridgehead atoms. The molecule has 1 heterocycles. The van der Waals surface area contributed by atoms with Gasteiger partial charge in [-0.3, -0.25) is 4.79 Å². The first-order chi connectivity index (χ1) is 9.10. The third kappa shape index (κ3) is 5.00. The third-order valence-corrected chi connectivity index (χ3v) is 3.58. The van der Waals surface area contributed by atoms with Crippen LogP contribution in [0.3, 0.4) is 0 Å². The molecule has 0 saturated carbocycles. The molecule has 3 N–H and O–H groups in total. The van der Waals surface area contributed by atoms with Crippen LogP contribution in [-0.4, -0.2) is 46.8 Å². The highest BCUT2D eigenvalue weighted by molar-refractivity contribution is 5.68. The van der Waals surface area contributed by atoms with E-state index in [4.69, 9.17) is 15.6 Å². The van der Waals surface area contributed by atoms with Gasteiger partial charge in [-0.25, -0.2) is 4.79 Å². The highest BCUT2D eigenvalue weighted by Gasteiger charge is 2.34. The Morgan fingerprint density at radius 2 is 2.05 bits per heavy atom. The molecule has 6 heteroatoms. The molecule has 1 aliphatic rings. The van der Waals surface area contributed by atoms with E-state index in [0.717, 1.165) is 6.42 Å². The van der Waals surface area contributed by atoms with E-state index in [9.17, 15) is 9.59 Å². The van der Waals surface area contributed by atoms with Crippen molar-refractivity contribution in [2.24, 2.45) is 17.6 Å². The van der Waals surface area contributed by atoms with Crippen LogP contribution in [0.15, 0.2) is 0 Å². The predicted molar refractivity (Wildman–Crippen MR) is 75.3 cm³/mol. The summed E-state index contributed by atoms with van der Waals surface area (Å²) in [6.45, 7) is 8.64. The van der Waals surface area contributed by atoms with Gasteiger partial charge < -0.3 is 20.5 Å². The topological polar surface area (TPSA) is 92.9 Å². The summed E-state index contributed by atoms with van der Waals surface area (Å²) in [5, 5.41) is 8.80. The molecular formula is C14H26N2O4. The Kier molecular flexibility index (Phi) is 5.39. The van der Waals surface area contributed by atoms with Crippen LogP contribution >= 0.6 is 0 Å². The van der Waals surface area contributed by atoms with E-state index < -0.39 is 11.6 Å². The van der Waals surface area contributed by atoms with E-state index in [1.54, 1.807) is 4.90 Å². The standard InChI is InChI=1S/C14H26N2O4/c1-9-8-16(13(19)20-14(2,3)4)6-5-10(9)11(15)7-12(17)18/h9-11H,5-8,15H2,1-4H3,(H,17,18). The molecule has 1 saturated heterocycles. The third-order valence-electron chi connectivity index (χ3n) is 3.58. The molecule has 116 valence electrons. The molecule has 0 aromatic rings. The van der Waals surface area contributed by atoms with Gasteiger partial charge in [-0.05, 0) is 39.0 Å². The Morgan fingerprint density at radius 3 is 2.50 bits per heavy atom. The van der Waals surface area contributed by atoms with Gasteiger partial charge >= 0.3 is 12.1 Å². The minimum absolute atomic E-state index is 0.0263. The van der Waals surface area contributed by atoms with Gasteiger partial charge in [0.1, 0.15) is 5.60 Å². The molecule has 1 amide bonds. The number of carboxylic acids is 1. The highest BCUT2D eigenvalue weighted by atomic mass is 16.6. The number of carboxylic acid groups (broad SMARTS) is 1. The lowest BCUT2D eigenvalue weighted by Crippen LogP contribution is -2.49. The number of piperidine rings is 1. The summed E-state index contributed by atoms with van der Waals surface area (Å²) >= 11 is 0. The van der Waals surface area contributed by atoms with E-state index in [1.165, 1.54) is 0 Å². The maximum absolute atomic E-state index is 12.0. The Labute approximate surface area is 120 Å². The first kappa shape index (κ1) is 16.8. The van der Waals surface area contributed by atoms with Gasteiger partial charge in [0.25, 0.3) is 0 Å². The number of amides is 1. The van der Waals surface area contributed by atoms with Crippen molar-refractivity contribution < 1.29 is 19.4 Å². The molecule has 0 spiro atoms. The van der Waals surface area contributed by atoms with Gasteiger partial charge in [-0.1, -0.05) is 6.92 Å². The molecule has 3 unspecified atom stereocenters. The van der Waals surface area contributed by atoms with Crippen molar-refractivity contribution in [1.29, 1.82) is 0 Å². The van der Waals surface area contributed by atoms with E-state index >= 15 is 0 Å². The highest BCUT2D eigenvalue weighted by Crippen LogP contribution is 2.27. The average molecular weight is 286 g/mol. The second kappa shape index (κ2) is 6.43. The molecular weight excluding hydrogens is 260 g/mol. The molecule has 6 nitrogen and oxygen atoms in total. The van der Waals surface area contributed by atoms with Crippen LogP contribution in [0, 0.1) is 11.8 Å². The Morgan fingerprint density at radius 1 is 1.45 bits per heavy atom. The first-order valence-electron chi connectivity index (χ1n) is 7.05. The van der Waals surface area contributed by atoms with E-state index in [-0.39, 0.29) is 30.4 Å². The number of nitrogens with two attached hydrogens (primary N) is 1. The van der Waals surface area contributed by atoms with Crippen molar-refractivity contribution in [3.05, 3.63) is 0 Å². The minimum Gasteiger partial charge on any atom is -0.481 e. The fourth-order valence-corrected chi connectivity index (χ4v) is 2.65. The zero-order valence-corrected chi connectivity index (χ0v) is 12.8. The van der Waals surface area contributed by atoms with Gasteiger partial charge in [0, 0.05) is 19.1 Å². The van der Waals surface area contributed by atoms with Crippen LogP contribution in [0.4, 0.5) is 4.79 Å². The Bertz CT molecular complexity index is 365. The molecule has 0 aromatic heterocycles. The van der Waals surface area contributed by atoms with Gasteiger partial charge in [0.05, 0.1) is 6.42 Å². The summed E-state index contributed by atoms with van der Waals surface area (Å²) in [7, 11) is 0. The van der Waals surface area contributed by atoms with E-state index in [1.807, 2.05) is 27.7 Å². The molecule has 1 rings (SSSR count). The van der Waals surface area contributed by atoms with Crippen molar-refractivity contribution in [3.63, 3.8) is 0 Å². The van der Waals surface area contributed by atoms with Crippen molar-refractivity contribution in [2.45, 2.75) is 52.2 Å². The first-order valence-corrected chi connectivity index (χ1v) is 7.05. The summed E-state index contributed by atoms with van der Waals surface area (Å²) in [5.74, 6) is -0.574. The Balaban J connectivity index is 2.55. The number of hydrogen-bond acceptors (Lipinski definition) is 4. The molecule has 0 aromatic carbocycles. The number of carbonyl (C=O) groups excluding carboxylic acids is 1. The normalized spacial score (nSPS) is 25.1. The van der Waals surface area contributed by atoms with Gasteiger partial charge in [0.2, 0.25) is 0 Å². The zero-order valence-electron chi connectivity index (χ0n) is 12.8. The van der Waals surface area contributed by atoms with Gasteiger partial charge in [0.15, 0.2) is 0 Å². The minimum atomic E-state index is -0.876. The number of nitrogens with zero attached hydrogens (tertiary/aromatic N) is 1. The lowest BCUT2D eigenvalue weighted by atomic mass is 9.80. The number of rotatable bonds is 3. The van der Waals surface area contributed by atoms with Gasteiger partial charge in [-0.2, -0.15) is 0 Å². The second-order valence-corrected chi connectivity index (χ2v) is 6.62. The Hall–Kier alpha value is -1.30. The summed E-state index contributed by atoms with van der Waals surface area (Å²) in [6.07, 6.45) is 0.380. The molecule has 1 fully saturated rings. The fraction of sp³-hybridized carbons (Fsp3) is 0.857. The van der Waals surface area contributed by atoms with Crippen LogP contribution in [0.25, 0.3) is 0 Å². The van der Waals surface area contributed by atoms with Crippen molar-refractivity contribution in [2.75, 3.05) is 13.1 Å². The monoisotopic (exact) mass is 286 g/mol. The number of likely N-dealkylation sites (tertiary alicyclic amines) is 1. The summed E-state index contributed by atoms with van der Waals surface area (Å²) in [6, 6.07) is -0.358. The maximum atomic E-state index is 12.0. The van der Waals surface area contributed by atoms with Crippen LogP contribution < -0.4 is 5.73 Å². The van der Waals surface area contributed by atoms with Crippen LogP contribution in [0.5, 0.6) is 0 Å². The number of hydrogen-bond donors (Lipinski definition) is 2. The molecule has 1 aliphatic heterocycles. The van der Waals surface area contributed by atoms with Crippen molar-refractivity contribution >= 4 is 12.1 Å².